The van der Waals surface area contributed by atoms with Gasteiger partial charge in [0.05, 0.1) is 12.5 Å². The van der Waals surface area contributed by atoms with Gasteiger partial charge in [-0.25, -0.2) is 4.39 Å². The molecule has 26 heavy (non-hydrogen) atoms. The summed E-state index contributed by atoms with van der Waals surface area (Å²) < 4.78 is 18.0. The highest BCUT2D eigenvalue weighted by Gasteiger charge is 2.18. The Labute approximate surface area is 150 Å². The number of esters is 1. The van der Waals surface area contributed by atoms with Gasteiger partial charge < -0.3 is 15.4 Å². The molecule has 0 saturated heterocycles. The molecule has 2 N–H and O–H groups in total. The Kier molecular flexibility index (Phi) is 6.84. The highest BCUT2D eigenvalue weighted by atomic mass is 19.1. The fraction of sp³-hybridized carbons (Fsp3) is 0.211. The van der Waals surface area contributed by atoms with Crippen LogP contribution in [0.4, 0.5) is 10.1 Å². The molecule has 0 aliphatic rings. The lowest BCUT2D eigenvalue weighted by Crippen LogP contribution is -2.29. The third-order valence-corrected chi connectivity index (χ3v) is 3.42. The molecule has 0 bridgehead atoms. The predicted octanol–water partition coefficient (Wildman–Crippen LogP) is 2.57. The first-order valence-corrected chi connectivity index (χ1v) is 7.97. The maximum Gasteiger partial charge on any atom is 0.308 e. The number of carbonyl (C=O) groups excluding carboxylic acids is 3. The molecule has 136 valence electrons. The normalized spacial score (nSPS) is 11.3. The van der Waals surface area contributed by atoms with Crippen LogP contribution < -0.4 is 10.6 Å². The monoisotopic (exact) mass is 358 g/mol. The van der Waals surface area contributed by atoms with Crippen LogP contribution >= 0.6 is 0 Å². The molecule has 2 aromatic rings. The summed E-state index contributed by atoms with van der Waals surface area (Å²) in [5, 5.41) is 5.11. The van der Waals surface area contributed by atoms with Gasteiger partial charge in [-0.1, -0.05) is 36.4 Å². The topological polar surface area (TPSA) is 84.5 Å². The minimum Gasteiger partial charge on any atom is -0.455 e. The summed E-state index contributed by atoms with van der Waals surface area (Å²) in [5.74, 6) is -1.99. The second-order valence-electron chi connectivity index (χ2n) is 5.59. The van der Waals surface area contributed by atoms with Crippen molar-refractivity contribution in [2.24, 2.45) is 0 Å². The Morgan fingerprint density at radius 1 is 1.08 bits per heavy atom. The van der Waals surface area contributed by atoms with Crippen LogP contribution in [0.2, 0.25) is 0 Å². The molecule has 0 aliphatic carbocycles. The average Bonchev–Trinajstić information content (AvgIpc) is 2.60. The van der Waals surface area contributed by atoms with E-state index in [0.29, 0.717) is 0 Å². The second-order valence-corrected chi connectivity index (χ2v) is 5.59. The zero-order valence-electron chi connectivity index (χ0n) is 14.2. The Hall–Kier alpha value is -3.22. The van der Waals surface area contributed by atoms with E-state index in [2.05, 4.69) is 10.6 Å². The lowest BCUT2D eigenvalue weighted by atomic mass is 10.0. The maximum absolute atomic E-state index is 13.1. The molecule has 0 unspecified atom stereocenters. The number of hydrogen-bond acceptors (Lipinski definition) is 4. The zero-order valence-corrected chi connectivity index (χ0v) is 14.2. The highest BCUT2D eigenvalue weighted by molar-refractivity contribution is 5.92. The number of ether oxygens (including phenoxy) is 1. The molecule has 1 atom stereocenters. The molecule has 0 spiro atoms. The smallest absolute Gasteiger partial charge is 0.308 e. The van der Waals surface area contributed by atoms with Crippen LogP contribution in [0, 0.1) is 5.82 Å². The van der Waals surface area contributed by atoms with E-state index in [1.54, 1.807) is 24.3 Å². The standard InChI is InChI=1S/C19H19FN2O4/c1-13(23)21-17(14-6-3-2-4-7-14)11-19(25)26-12-18(24)22-16-9-5-8-15(20)10-16/h2-10,17H,11-12H2,1H3,(H,21,23)(H,22,24)/t17-/m0/s1. The molecule has 6 nitrogen and oxygen atoms in total. The van der Waals surface area contributed by atoms with E-state index in [9.17, 15) is 18.8 Å². The highest BCUT2D eigenvalue weighted by Crippen LogP contribution is 2.17. The van der Waals surface area contributed by atoms with Crippen molar-refractivity contribution in [3.05, 3.63) is 66.0 Å². The number of carbonyl (C=O) groups is 3. The molecule has 7 heteroatoms. The lowest BCUT2D eigenvalue weighted by molar-refractivity contribution is -0.148. The van der Waals surface area contributed by atoms with E-state index in [-0.39, 0.29) is 18.0 Å². The number of halogens is 1. The van der Waals surface area contributed by atoms with Gasteiger partial charge in [-0.15, -0.1) is 0 Å². The SMILES string of the molecule is CC(=O)N[C@@H](CC(=O)OCC(=O)Nc1cccc(F)c1)c1ccccc1. The molecule has 2 rings (SSSR count). The number of benzene rings is 2. The van der Waals surface area contributed by atoms with E-state index in [0.717, 1.165) is 11.6 Å². The first-order valence-electron chi connectivity index (χ1n) is 7.97. The van der Waals surface area contributed by atoms with Crippen molar-refractivity contribution >= 4 is 23.5 Å². The van der Waals surface area contributed by atoms with E-state index >= 15 is 0 Å². The van der Waals surface area contributed by atoms with Crippen LogP contribution in [0.1, 0.15) is 24.9 Å². The summed E-state index contributed by atoms with van der Waals surface area (Å²) in [6.07, 6.45) is -0.114. The number of rotatable bonds is 7. The predicted molar refractivity (Wildman–Crippen MR) is 93.6 cm³/mol. The van der Waals surface area contributed by atoms with Gasteiger partial charge in [0.15, 0.2) is 6.61 Å². The van der Waals surface area contributed by atoms with Gasteiger partial charge in [-0.05, 0) is 23.8 Å². The van der Waals surface area contributed by atoms with Crippen LogP contribution in [0.5, 0.6) is 0 Å². The van der Waals surface area contributed by atoms with Crippen molar-refractivity contribution in [3.63, 3.8) is 0 Å². The first kappa shape index (κ1) is 19.1. The lowest BCUT2D eigenvalue weighted by Gasteiger charge is -2.17. The molecular formula is C19H19FN2O4. The van der Waals surface area contributed by atoms with E-state index < -0.39 is 30.3 Å². The van der Waals surface area contributed by atoms with Gasteiger partial charge in [0.1, 0.15) is 5.82 Å². The summed E-state index contributed by atoms with van der Waals surface area (Å²) in [6, 6.07) is 13.8. The zero-order chi connectivity index (χ0) is 18.9. The summed E-state index contributed by atoms with van der Waals surface area (Å²) in [6.45, 7) is 0.852. The van der Waals surface area contributed by atoms with Crippen molar-refractivity contribution in [1.29, 1.82) is 0 Å². The Morgan fingerprint density at radius 3 is 2.46 bits per heavy atom. The van der Waals surface area contributed by atoms with Crippen molar-refractivity contribution in [1.82, 2.24) is 5.32 Å². The second kappa shape index (κ2) is 9.31. The first-order chi connectivity index (χ1) is 12.4. The average molecular weight is 358 g/mol. The summed E-state index contributed by atoms with van der Waals surface area (Å²) in [7, 11) is 0. The van der Waals surface area contributed by atoms with Gasteiger partial charge in [0.2, 0.25) is 5.91 Å². The summed E-state index contributed by atoms with van der Waals surface area (Å²) in [5.41, 5.74) is 1.02. The maximum atomic E-state index is 13.1. The minimum absolute atomic E-state index is 0.114. The van der Waals surface area contributed by atoms with Gasteiger partial charge in [-0.2, -0.15) is 0 Å². The Balaban J connectivity index is 1.87. The largest absolute Gasteiger partial charge is 0.455 e. The third-order valence-electron chi connectivity index (χ3n) is 3.42. The minimum atomic E-state index is -0.637. The van der Waals surface area contributed by atoms with E-state index in [1.807, 2.05) is 6.07 Å². The van der Waals surface area contributed by atoms with Crippen LogP contribution in [0.25, 0.3) is 0 Å². The van der Waals surface area contributed by atoms with Gasteiger partial charge in [0.25, 0.3) is 5.91 Å². The van der Waals surface area contributed by atoms with Crippen molar-refractivity contribution < 1.29 is 23.5 Å². The Bertz CT molecular complexity index is 780. The third kappa shape index (κ3) is 6.35. The molecule has 0 fully saturated rings. The van der Waals surface area contributed by atoms with Crippen LogP contribution in [-0.2, 0) is 19.1 Å². The molecule has 0 saturated carbocycles. The molecule has 0 heterocycles. The summed E-state index contributed by atoms with van der Waals surface area (Å²) in [4.78, 5) is 35.1. The van der Waals surface area contributed by atoms with Crippen LogP contribution in [-0.4, -0.2) is 24.4 Å². The molecule has 0 aliphatic heterocycles. The fourth-order valence-electron chi connectivity index (χ4n) is 2.32. The quantitative estimate of drug-likeness (QED) is 0.745. The van der Waals surface area contributed by atoms with Gasteiger partial charge >= 0.3 is 5.97 Å². The number of amides is 2. The number of hydrogen-bond donors (Lipinski definition) is 2. The van der Waals surface area contributed by atoms with E-state index in [1.165, 1.54) is 25.1 Å². The van der Waals surface area contributed by atoms with Crippen molar-refractivity contribution in [2.75, 3.05) is 11.9 Å². The van der Waals surface area contributed by atoms with Gasteiger partial charge in [-0.3, -0.25) is 14.4 Å². The molecule has 2 amide bonds. The number of nitrogens with one attached hydrogen (secondary N) is 2. The van der Waals surface area contributed by atoms with E-state index in [4.69, 9.17) is 4.74 Å². The number of anilines is 1. The van der Waals surface area contributed by atoms with Crippen molar-refractivity contribution in [3.8, 4) is 0 Å². The molecular weight excluding hydrogens is 339 g/mol. The van der Waals surface area contributed by atoms with Crippen molar-refractivity contribution in [2.45, 2.75) is 19.4 Å². The molecule has 0 aromatic heterocycles. The molecule has 2 aromatic carbocycles. The fourth-order valence-corrected chi connectivity index (χ4v) is 2.32. The molecule has 0 radical (unpaired) electrons. The summed E-state index contributed by atoms with van der Waals surface area (Å²) >= 11 is 0. The Morgan fingerprint density at radius 2 is 1.81 bits per heavy atom. The van der Waals surface area contributed by atoms with Crippen LogP contribution in [0.15, 0.2) is 54.6 Å². The van der Waals surface area contributed by atoms with Gasteiger partial charge in [0, 0.05) is 12.6 Å². The van der Waals surface area contributed by atoms with Crippen LogP contribution in [0.3, 0.4) is 0 Å².